The zero-order chi connectivity index (χ0) is 48.2. The fourth-order valence-corrected chi connectivity index (χ4v) is 6.36. The van der Waals surface area contributed by atoms with Gasteiger partial charge in [-0.3, -0.25) is 19.2 Å². The average molecular weight is 939 g/mol. The van der Waals surface area contributed by atoms with Crippen molar-refractivity contribution in [2.75, 3.05) is 79.3 Å². The van der Waals surface area contributed by atoms with Crippen molar-refractivity contribution in [2.45, 2.75) is 206 Å². The van der Waals surface area contributed by atoms with Crippen molar-refractivity contribution in [3.05, 3.63) is 0 Å². The lowest BCUT2D eigenvalue weighted by molar-refractivity contribution is -0.161. The zero-order valence-corrected chi connectivity index (χ0v) is 40.6. The molecule has 65 heavy (non-hydrogen) atoms. The number of hydrogen-bond acceptors (Lipinski definition) is 17. The molecule has 0 aromatic carbocycles. The molecule has 0 aromatic rings. The van der Waals surface area contributed by atoms with Crippen LogP contribution in [-0.4, -0.2) is 160 Å². The molecule has 0 aliphatic rings. The van der Waals surface area contributed by atoms with E-state index in [-0.39, 0.29) is 97.9 Å². The molecule has 0 spiro atoms. The molecule has 0 saturated heterocycles. The van der Waals surface area contributed by atoms with Gasteiger partial charge in [-0.1, -0.05) is 124 Å². The summed E-state index contributed by atoms with van der Waals surface area (Å²) >= 11 is 0. The summed E-state index contributed by atoms with van der Waals surface area (Å²) in [5, 5.41) is 40.5. The van der Waals surface area contributed by atoms with Gasteiger partial charge in [-0.25, -0.2) is 0 Å². The topological polar surface area (TPSA) is 232 Å². The van der Waals surface area contributed by atoms with E-state index in [2.05, 4.69) is 6.92 Å². The Kier molecular flexibility index (Phi) is 43.6. The van der Waals surface area contributed by atoms with E-state index in [1.807, 2.05) is 13.8 Å². The summed E-state index contributed by atoms with van der Waals surface area (Å²) in [5.74, 6) is -1.75. The van der Waals surface area contributed by atoms with Gasteiger partial charge in [0.2, 0.25) is 0 Å². The summed E-state index contributed by atoms with van der Waals surface area (Å²) < 4.78 is 48.8. The molecule has 0 bridgehead atoms. The lowest BCUT2D eigenvalue weighted by Gasteiger charge is -2.22. The van der Waals surface area contributed by atoms with Crippen LogP contribution in [0.3, 0.4) is 0 Å². The molecule has 6 atom stereocenters. The smallest absolute Gasteiger partial charge is 0.306 e. The van der Waals surface area contributed by atoms with E-state index >= 15 is 0 Å². The Morgan fingerprint density at radius 3 is 1.12 bits per heavy atom. The van der Waals surface area contributed by atoms with Crippen molar-refractivity contribution >= 4 is 23.9 Å². The predicted octanol–water partition coefficient (Wildman–Crippen LogP) is 6.08. The van der Waals surface area contributed by atoms with E-state index in [9.17, 15) is 39.6 Å². The van der Waals surface area contributed by atoms with Crippen molar-refractivity contribution in [1.82, 2.24) is 0 Å². The van der Waals surface area contributed by atoms with Gasteiger partial charge in [0, 0.05) is 25.7 Å². The van der Waals surface area contributed by atoms with E-state index in [0.29, 0.717) is 19.3 Å². The Bertz CT molecular complexity index is 1130. The molecule has 0 aliphatic carbocycles. The SMILES string of the molecule is CCCCCCCCCCCCCCCCCC(=O)OC[C@H](O)COC[C@H](O)COC[C@@H](COC[C@H](O)COC[C@@H](COC[C@@H](CO)OC(=O)CCCC)OC(=O)CC)OC(=O)CCC. The molecule has 17 heteroatoms. The maximum atomic E-state index is 12.2. The summed E-state index contributed by atoms with van der Waals surface area (Å²) in [6.45, 7) is 5.60. The van der Waals surface area contributed by atoms with Gasteiger partial charge >= 0.3 is 23.9 Å². The molecule has 0 aromatic heterocycles. The van der Waals surface area contributed by atoms with Gasteiger partial charge in [0.1, 0.15) is 43.2 Å². The highest BCUT2D eigenvalue weighted by atomic mass is 16.6. The number of carbonyl (C=O) groups is 4. The minimum absolute atomic E-state index is 0.105. The number of aliphatic hydroxyl groups is 4. The van der Waals surface area contributed by atoms with Crippen molar-refractivity contribution in [2.24, 2.45) is 0 Å². The van der Waals surface area contributed by atoms with Gasteiger partial charge in [0.15, 0.2) is 0 Å². The Morgan fingerprint density at radius 1 is 0.354 bits per heavy atom. The number of ether oxygens (including phenoxy) is 9. The molecule has 0 aliphatic heterocycles. The van der Waals surface area contributed by atoms with Gasteiger partial charge in [-0.15, -0.1) is 0 Å². The first-order chi connectivity index (χ1) is 31.5. The normalized spacial score (nSPS) is 14.3. The summed E-state index contributed by atoms with van der Waals surface area (Å²) in [5.41, 5.74) is 0. The highest BCUT2D eigenvalue weighted by Gasteiger charge is 2.21. The first-order valence-corrected chi connectivity index (χ1v) is 24.7. The van der Waals surface area contributed by atoms with Gasteiger partial charge < -0.3 is 63.1 Å². The highest BCUT2D eigenvalue weighted by molar-refractivity contribution is 5.70. The molecule has 0 amide bonds. The number of rotatable bonds is 48. The molecule has 0 rings (SSSR count). The third kappa shape index (κ3) is 41.4. The third-order valence-corrected chi connectivity index (χ3v) is 10.1. The van der Waals surface area contributed by atoms with Gasteiger partial charge in [-0.2, -0.15) is 0 Å². The van der Waals surface area contributed by atoms with Crippen LogP contribution in [0.2, 0.25) is 0 Å². The second kappa shape index (κ2) is 45.3. The second-order valence-electron chi connectivity index (χ2n) is 16.8. The summed E-state index contributed by atoms with van der Waals surface area (Å²) in [4.78, 5) is 48.2. The van der Waals surface area contributed by atoms with Crippen LogP contribution in [0.5, 0.6) is 0 Å². The van der Waals surface area contributed by atoms with Crippen LogP contribution in [0.1, 0.15) is 169 Å². The van der Waals surface area contributed by atoms with E-state index in [1.165, 1.54) is 77.0 Å². The highest BCUT2D eigenvalue weighted by Crippen LogP contribution is 2.14. The number of esters is 4. The average Bonchev–Trinajstić information content (AvgIpc) is 3.28. The van der Waals surface area contributed by atoms with Crippen molar-refractivity contribution < 1.29 is 82.2 Å². The molecule has 384 valence electrons. The lowest BCUT2D eigenvalue weighted by atomic mass is 10.0. The fraction of sp³-hybridized carbons (Fsp3) is 0.917. The first-order valence-electron chi connectivity index (χ1n) is 24.7. The monoisotopic (exact) mass is 939 g/mol. The third-order valence-electron chi connectivity index (χ3n) is 10.1. The van der Waals surface area contributed by atoms with Crippen molar-refractivity contribution in [3.8, 4) is 0 Å². The lowest BCUT2D eigenvalue weighted by Crippen LogP contribution is -2.34. The molecule has 0 unspecified atom stereocenters. The second-order valence-corrected chi connectivity index (χ2v) is 16.8. The molecule has 0 saturated carbocycles. The largest absolute Gasteiger partial charge is 0.463 e. The van der Waals surface area contributed by atoms with Crippen LogP contribution in [0.15, 0.2) is 0 Å². The predicted molar refractivity (Wildman–Crippen MR) is 244 cm³/mol. The summed E-state index contributed by atoms with van der Waals surface area (Å²) in [7, 11) is 0. The Labute approximate surface area is 390 Å². The molecular formula is C48H90O17. The standard InChI is InChI=1S/C48H90O17/c1-5-9-11-12-13-14-15-16-17-18-19-20-21-22-23-26-46(54)62-33-41(52)32-57-28-39(50)29-59-36-44(65-47(55)24-7-3)37-60-31-40(51)30-58-35-43(64-45(53)8-4)38-61-34-42(27-49)63-48(56)25-10-6-2/h39-44,49-52H,5-38H2,1-4H3/t39-,40+,41+,42+,43-,44-/m0/s1. The molecule has 0 fully saturated rings. The van der Waals surface area contributed by atoms with Crippen molar-refractivity contribution in [1.29, 1.82) is 0 Å². The van der Waals surface area contributed by atoms with E-state index in [1.54, 1.807) is 6.92 Å². The fourth-order valence-electron chi connectivity index (χ4n) is 6.36. The molecule has 4 N–H and O–H groups in total. The number of hydrogen-bond donors (Lipinski definition) is 4. The van der Waals surface area contributed by atoms with Crippen LogP contribution in [-0.2, 0) is 61.8 Å². The summed E-state index contributed by atoms with van der Waals surface area (Å²) in [6.07, 6.45) is 15.8. The van der Waals surface area contributed by atoms with Crippen LogP contribution >= 0.6 is 0 Å². The van der Waals surface area contributed by atoms with E-state index in [4.69, 9.17) is 42.6 Å². The number of carbonyl (C=O) groups excluding carboxylic acids is 4. The maximum Gasteiger partial charge on any atom is 0.306 e. The minimum Gasteiger partial charge on any atom is -0.463 e. The quantitative estimate of drug-likeness (QED) is 0.0307. The molecule has 0 radical (unpaired) electrons. The Hall–Kier alpha value is -2.48. The van der Waals surface area contributed by atoms with Gasteiger partial charge in [0.25, 0.3) is 0 Å². The minimum atomic E-state index is -1.09. The van der Waals surface area contributed by atoms with Gasteiger partial charge in [0.05, 0.1) is 72.7 Å². The Morgan fingerprint density at radius 2 is 0.692 bits per heavy atom. The Balaban J connectivity index is 4.33. The van der Waals surface area contributed by atoms with Crippen LogP contribution in [0, 0.1) is 0 Å². The van der Waals surface area contributed by atoms with Crippen molar-refractivity contribution in [3.63, 3.8) is 0 Å². The number of aliphatic hydroxyl groups excluding tert-OH is 4. The van der Waals surface area contributed by atoms with Crippen LogP contribution in [0.25, 0.3) is 0 Å². The van der Waals surface area contributed by atoms with Gasteiger partial charge in [-0.05, 0) is 19.3 Å². The van der Waals surface area contributed by atoms with E-state index in [0.717, 1.165) is 25.7 Å². The first kappa shape index (κ1) is 62.5. The van der Waals surface area contributed by atoms with Crippen LogP contribution in [0.4, 0.5) is 0 Å². The zero-order valence-electron chi connectivity index (χ0n) is 40.6. The number of unbranched alkanes of at least 4 members (excludes halogenated alkanes) is 15. The molecule has 17 nitrogen and oxygen atoms in total. The van der Waals surface area contributed by atoms with Crippen LogP contribution < -0.4 is 0 Å². The maximum absolute atomic E-state index is 12.2. The van der Waals surface area contributed by atoms with E-state index < -0.39 is 61.1 Å². The molecule has 0 heterocycles. The summed E-state index contributed by atoms with van der Waals surface area (Å²) in [6, 6.07) is 0. The molecular weight excluding hydrogens is 849 g/mol.